The summed E-state index contributed by atoms with van der Waals surface area (Å²) >= 11 is 0. The number of para-hydroxylation sites is 2. The molecule has 32 heavy (non-hydrogen) atoms. The molecule has 0 saturated carbocycles. The number of nitrogens with zero attached hydrogens (tertiary/aromatic N) is 2. The average Bonchev–Trinajstić information content (AvgIpc) is 2.81. The first-order chi connectivity index (χ1) is 15.5. The van der Waals surface area contributed by atoms with E-state index in [4.69, 9.17) is 10.2 Å². The van der Waals surface area contributed by atoms with Crippen LogP contribution >= 0.6 is 0 Å². The summed E-state index contributed by atoms with van der Waals surface area (Å²) in [6.45, 7) is 0. The third-order valence-corrected chi connectivity index (χ3v) is 4.28. The van der Waals surface area contributed by atoms with Gasteiger partial charge in [-0.3, -0.25) is 9.98 Å². The average molecular weight is 426 g/mol. The van der Waals surface area contributed by atoms with Crippen LogP contribution in [-0.4, -0.2) is 32.9 Å². The van der Waals surface area contributed by atoms with Crippen molar-refractivity contribution >= 4 is 23.8 Å². The van der Waals surface area contributed by atoms with Gasteiger partial charge in [-0.25, -0.2) is 0 Å². The molecular formula is C26H22N2O4. The lowest BCUT2D eigenvalue weighted by Gasteiger charge is -1.97. The number of hydrogen-bond donors (Lipinski definition) is 4. The highest BCUT2D eigenvalue weighted by molar-refractivity contribution is 5.85. The molecule has 0 aromatic heterocycles. The van der Waals surface area contributed by atoms with Gasteiger partial charge in [-0.15, -0.1) is 0 Å². The maximum atomic E-state index is 9.50. The van der Waals surface area contributed by atoms with Crippen molar-refractivity contribution in [2.24, 2.45) is 9.98 Å². The van der Waals surface area contributed by atoms with Gasteiger partial charge in [0.05, 0.1) is 11.4 Å². The van der Waals surface area contributed by atoms with Gasteiger partial charge >= 0.3 is 0 Å². The second-order valence-electron chi connectivity index (χ2n) is 6.67. The SMILES string of the molecule is Oc1ccc(N=Cc2ccccc2O)cc1.Oc1ccc(N=Cc2ccccc2O)cc1. The Bertz CT molecular complexity index is 1100. The molecule has 6 heteroatoms. The van der Waals surface area contributed by atoms with E-state index < -0.39 is 0 Å². The van der Waals surface area contributed by atoms with E-state index in [1.165, 1.54) is 0 Å². The summed E-state index contributed by atoms with van der Waals surface area (Å²) in [5, 5.41) is 37.2. The molecule has 0 radical (unpaired) electrons. The van der Waals surface area contributed by atoms with Gasteiger partial charge in [-0.05, 0) is 72.8 Å². The van der Waals surface area contributed by atoms with Crippen LogP contribution in [0.2, 0.25) is 0 Å². The molecule has 0 atom stereocenters. The van der Waals surface area contributed by atoms with E-state index in [2.05, 4.69) is 9.98 Å². The fourth-order valence-corrected chi connectivity index (χ4v) is 2.56. The Morgan fingerprint density at radius 3 is 1.12 bits per heavy atom. The van der Waals surface area contributed by atoms with E-state index in [9.17, 15) is 10.2 Å². The number of rotatable bonds is 4. The van der Waals surface area contributed by atoms with Crippen LogP contribution in [0, 0.1) is 0 Å². The number of phenols is 4. The molecule has 160 valence electrons. The Balaban J connectivity index is 0.000000181. The fourth-order valence-electron chi connectivity index (χ4n) is 2.56. The lowest BCUT2D eigenvalue weighted by molar-refractivity contribution is 0.474. The summed E-state index contributed by atoms with van der Waals surface area (Å²) in [6, 6.07) is 27.0. The normalized spacial score (nSPS) is 10.8. The largest absolute Gasteiger partial charge is 0.508 e. The number of aromatic hydroxyl groups is 4. The van der Waals surface area contributed by atoms with Crippen molar-refractivity contribution in [2.45, 2.75) is 0 Å². The highest BCUT2D eigenvalue weighted by Gasteiger charge is 1.96. The molecular weight excluding hydrogens is 404 g/mol. The van der Waals surface area contributed by atoms with Crippen LogP contribution in [0.5, 0.6) is 23.0 Å². The summed E-state index contributed by atoms with van der Waals surface area (Å²) in [5.41, 5.74) is 2.77. The van der Waals surface area contributed by atoms with Crippen LogP contribution in [0.1, 0.15) is 11.1 Å². The smallest absolute Gasteiger partial charge is 0.124 e. The summed E-state index contributed by atoms with van der Waals surface area (Å²) in [5.74, 6) is 0.818. The Hall–Kier alpha value is -4.58. The Morgan fingerprint density at radius 2 is 0.781 bits per heavy atom. The Labute approximate surface area is 185 Å². The topological polar surface area (TPSA) is 106 Å². The molecule has 0 heterocycles. The Kier molecular flexibility index (Phi) is 7.59. The van der Waals surface area contributed by atoms with Crippen molar-refractivity contribution in [3.05, 3.63) is 108 Å². The fraction of sp³-hybridized carbons (Fsp3) is 0. The maximum absolute atomic E-state index is 9.50. The van der Waals surface area contributed by atoms with Gasteiger partial charge in [0.15, 0.2) is 0 Å². The van der Waals surface area contributed by atoms with Crippen molar-refractivity contribution in [2.75, 3.05) is 0 Å². The Morgan fingerprint density at radius 1 is 0.438 bits per heavy atom. The number of benzene rings is 4. The lowest BCUT2D eigenvalue weighted by atomic mass is 10.2. The first-order valence-electron chi connectivity index (χ1n) is 9.73. The molecule has 0 aliphatic carbocycles. The van der Waals surface area contributed by atoms with Gasteiger partial charge in [0, 0.05) is 23.6 Å². The van der Waals surface area contributed by atoms with Crippen LogP contribution in [-0.2, 0) is 0 Å². The predicted octanol–water partition coefficient (Wildman–Crippen LogP) is 5.70. The summed E-state index contributed by atoms with van der Waals surface area (Å²) < 4.78 is 0. The molecule has 0 saturated heterocycles. The second kappa shape index (κ2) is 11.0. The van der Waals surface area contributed by atoms with E-state index >= 15 is 0 Å². The minimum Gasteiger partial charge on any atom is -0.508 e. The summed E-state index contributed by atoms with van der Waals surface area (Å²) in [7, 11) is 0. The van der Waals surface area contributed by atoms with Crippen molar-refractivity contribution in [3.8, 4) is 23.0 Å². The van der Waals surface area contributed by atoms with Crippen LogP contribution in [0.4, 0.5) is 11.4 Å². The first kappa shape index (κ1) is 22.1. The van der Waals surface area contributed by atoms with Crippen molar-refractivity contribution in [1.29, 1.82) is 0 Å². The summed E-state index contributed by atoms with van der Waals surface area (Å²) in [6.07, 6.45) is 3.17. The molecule has 6 nitrogen and oxygen atoms in total. The zero-order valence-electron chi connectivity index (χ0n) is 17.1. The molecule has 0 aliphatic rings. The number of phenolic OH excluding ortho intramolecular Hbond substituents is 4. The molecule has 0 bridgehead atoms. The molecule has 4 rings (SSSR count). The minimum absolute atomic E-state index is 0.199. The highest BCUT2D eigenvalue weighted by Crippen LogP contribution is 2.19. The highest BCUT2D eigenvalue weighted by atomic mass is 16.3. The van der Waals surface area contributed by atoms with E-state index in [1.807, 2.05) is 12.1 Å². The van der Waals surface area contributed by atoms with E-state index in [0.29, 0.717) is 11.1 Å². The molecule has 4 aromatic carbocycles. The lowest BCUT2D eigenvalue weighted by Crippen LogP contribution is -1.80. The molecule has 4 N–H and O–H groups in total. The third kappa shape index (κ3) is 6.74. The quantitative estimate of drug-likeness (QED) is 0.314. The molecule has 4 aromatic rings. The third-order valence-electron chi connectivity index (χ3n) is 4.28. The van der Waals surface area contributed by atoms with Gasteiger partial charge < -0.3 is 20.4 Å². The van der Waals surface area contributed by atoms with Gasteiger partial charge in [-0.2, -0.15) is 0 Å². The molecule has 0 fully saturated rings. The first-order valence-corrected chi connectivity index (χ1v) is 9.73. The molecule has 0 spiro atoms. The summed E-state index contributed by atoms with van der Waals surface area (Å²) in [4.78, 5) is 8.36. The van der Waals surface area contributed by atoms with E-state index in [-0.39, 0.29) is 23.0 Å². The molecule has 0 unspecified atom stereocenters. The van der Waals surface area contributed by atoms with E-state index in [1.54, 1.807) is 97.4 Å². The predicted molar refractivity (Wildman–Crippen MR) is 127 cm³/mol. The van der Waals surface area contributed by atoms with Gasteiger partial charge in [-0.1, -0.05) is 24.3 Å². The standard InChI is InChI=1S/2C13H11NO2/c2*15-12-7-5-11(6-8-12)14-9-10-3-1-2-4-13(10)16/h2*1-9,15-16H. The zero-order chi connectivity index (χ0) is 22.8. The van der Waals surface area contributed by atoms with Crippen LogP contribution in [0.15, 0.2) is 107 Å². The van der Waals surface area contributed by atoms with Gasteiger partial charge in [0.25, 0.3) is 0 Å². The maximum Gasteiger partial charge on any atom is 0.124 e. The van der Waals surface area contributed by atoms with Gasteiger partial charge in [0.1, 0.15) is 23.0 Å². The van der Waals surface area contributed by atoms with Crippen molar-refractivity contribution in [3.63, 3.8) is 0 Å². The van der Waals surface area contributed by atoms with Crippen LogP contribution in [0.3, 0.4) is 0 Å². The zero-order valence-corrected chi connectivity index (χ0v) is 17.1. The van der Waals surface area contributed by atoms with Crippen molar-refractivity contribution in [1.82, 2.24) is 0 Å². The van der Waals surface area contributed by atoms with E-state index in [0.717, 1.165) is 11.4 Å². The number of hydrogen-bond acceptors (Lipinski definition) is 6. The van der Waals surface area contributed by atoms with Crippen molar-refractivity contribution < 1.29 is 20.4 Å². The van der Waals surface area contributed by atoms with Crippen LogP contribution < -0.4 is 0 Å². The minimum atomic E-state index is 0.199. The monoisotopic (exact) mass is 426 g/mol. The second-order valence-corrected chi connectivity index (χ2v) is 6.67. The molecule has 0 aliphatic heterocycles. The van der Waals surface area contributed by atoms with Crippen LogP contribution in [0.25, 0.3) is 0 Å². The molecule has 0 amide bonds. The van der Waals surface area contributed by atoms with Gasteiger partial charge in [0.2, 0.25) is 0 Å². The number of aliphatic imine (C=N–C) groups is 2.